The summed E-state index contributed by atoms with van der Waals surface area (Å²) in [5.41, 5.74) is -0.0317. The van der Waals surface area contributed by atoms with Gasteiger partial charge in [0.05, 0.1) is 22.9 Å². The fourth-order valence-corrected chi connectivity index (χ4v) is 3.21. The van der Waals surface area contributed by atoms with Crippen molar-refractivity contribution < 1.29 is 23.1 Å². The maximum absolute atomic E-state index is 12.2. The van der Waals surface area contributed by atoms with Crippen LogP contribution in [0.25, 0.3) is 0 Å². The minimum absolute atomic E-state index is 0.0685. The molecule has 0 bridgehead atoms. The molecule has 0 saturated heterocycles. The van der Waals surface area contributed by atoms with E-state index in [1.54, 1.807) is 0 Å². The van der Waals surface area contributed by atoms with Crippen LogP contribution in [0.2, 0.25) is 0 Å². The van der Waals surface area contributed by atoms with Crippen molar-refractivity contribution in [3.8, 4) is 6.07 Å². The van der Waals surface area contributed by atoms with E-state index in [1.807, 2.05) is 6.07 Å². The normalized spacial score (nSPS) is 10.7. The number of benzene rings is 1. The molecular formula is C13H14N2O5S. The number of carboxylic acid groups (broad SMARTS) is 1. The smallest absolute Gasteiger partial charge is 0.335 e. The molecule has 1 aromatic rings. The predicted octanol–water partition coefficient (Wildman–Crippen LogP) is 0.497. The van der Waals surface area contributed by atoms with Gasteiger partial charge in [-0.25, -0.2) is 13.2 Å². The van der Waals surface area contributed by atoms with Gasteiger partial charge < -0.3 is 10.4 Å². The van der Waals surface area contributed by atoms with E-state index in [0.29, 0.717) is 0 Å². The number of hydrogen-bond acceptors (Lipinski definition) is 5. The highest BCUT2D eigenvalue weighted by Gasteiger charge is 2.23. The lowest BCUT2D eigenvalue weighted by Gasteiger charge is -2.09. The Morgan fingerprint density at radius 3 is 2.62 bits per heavy atom. The highest BCUT2D eigenvalue weighted by atomic mass is 32.2. The Morgan fingerprint density at radius 1 is 1.38 bits per heavy atom. The molecule has 0 heterocycles. The van der Waals surface area contributed by atoms with Crippen molar-refractivity contribution >= 4 is 21.7 Å². The van der Waals surface area contributed by atoms with Crippen molar-refractivity contribution in [2.24, 2.45) is 0 Å². The van der Waals surface area contributed by atoms with Crippen LogP contribution in [0.15, 0.2) is 23.1 Å². The van der Waals surface area contributed by atoms with Gasteiger partial charge in [0.2, 0.25) is 5.91 Å². The van der Waals surface area contributed by atoms with Gasteiger partial charge in [0.25, 0.3) is 0 Å². The number of nitrogens with zero attached hydrogens (tertiary/aromatic N) is 1. The largest absolute Gasteiger partial charge is 0.478 e. The lowest BCUT2D eigenvalue weighted by Crippen LogP contribution is -2.31. The van der Waals surface area contributed by atoms with E-state index in [-0.39, 0.29) is 29.0 Å². The van der Waals surface area contributed by atoms with Crippen molar-refractivity contribution in [3.63, 3.8) is 0 Å². The summed E-state index contributed by atoms with van der Waals surface area (Å²) in [7, 11) is -3.94. The summed E-state index contributed by atoms with van der Waals surface area (Å²) in [5, 5.41) is 19.6. The first-order valence-electron chi connectivity index (χ1n) is 5.99. The Morgan fingerprint density at radius 2 is 2.05 bits per heavy atom. The van der Waals surface area contributed by atoms with E-state index in [4.69, 9.17) is 10.4 Å². The van der Waals surface area contributed by atoms with Crippen molar-refractivity contribution in [3.05, 3.63) is 29.3 Å². The summed E-state index contributed by atoms with van der Waals surface area (Å²) in [6.07, 6.45) is 0.0827. The summed E-state index contributed by atoms with van der Waals surface area (Å²) >= 11 is 0. The zero-order valence-corrected chi connectivity index (χ0v) is 12.1. The Labute approximate surface area is 122 Å². The maximum Gasteiger partial charge on any atom is 0.335 e. The third-order valence-corrected chi connectivity index (χ3v) is 4.48. The van der Waals surface area contributed by atoms with Crippen molar-refractivity contribution in [2.45, 2.75) is 18.2 Å². The van der Waals surface area contributed by atoms with Gasteiger partial charge in [0, 0.05) is 6.54 Å². The van der Waals surface area contributed by atoms with Crippen LogP contribution >= 0.6 is 0 Å². The number of aromatic carboxylic acids is 1. The van der Waals surface area contributed by atoms with Crippen molar-refractivity contribution in [2.75, 3.05) is 12.3 Å². The third kappa shape index (κ3) is 4.29. The fraction of sp³-hybridized carbons (Fsp3) is 0.308. The average Bonchev–Trinajstić information content (AvgIpc) is 2.38. The van der Waals surface area contributed by atoms with E-state index in [0.717, 1.165) is 0 Å². The minimum atomic E-state index is -3.94. The molecule has 0 unspecified atom stereocenters. The lowest BCUT2D eigenvalue weighted by atomic mass is 10.1. The quantitative estimate of drug-likeness (QED) is 0.737. The SMILES string of the molecule is Cc1c(C(=O)O)cccc1S(=O)(=O)CC(=O)NCCC#N. The van der Waals surface area contributed by atoms with Gasteiger partial charge in [0.1, 0.15) is 5.75 Å². The zero-order valence-electron chi connectivity index (χ0n) is 11.3. The van der Waals surface area contributed by atoms with Gasteiger partial charge in [0.15, 0.2) is 9.84 Å². The monoisotopic (exact) mass is 310 g/mol. The number of hydrogen-bond donors (Lipinski definition) is 2. The number of rotatable bonds is 6. The summed E-state index contributed by atoms with van der Waals surface area (Å²) in [5.74, 6) is -2.75. The van der Waals surface area contributed by atoms with E-state index >= 15 is 0 Å². The Kier molecular flexibility index (Phi) is 5.44. The molecule has 0 saturated carbocycles. The number of carboxylic acids is 1. The molecule has 0 atom stereocenters. The molecule has 1 aromatic carbocycles. The van der Waals surface area contributed by atoms with E-state index in [2.05, 4.69) is 5.32 Å². The third-order valence-electron chi connectivity index (χ3n) is 2.73. The molecule has 8 heteroatoms. The zero-order chi connectivity index (χ0) is 16.0. The van der Waals surface area contributed by atoms with Gasteiger partial charge in [-0.1, -0.05) is 6.07 Å². The van der Waals surface area contributed by atoms with Crippen LogP contribution in [-0.2, 0) is 14.6 Å². The highest BCUT2D eigenvalue weighted by molar-refractivity contribution is 7.92. The van der Waals surface area contributed by atoms with Gasteiger partial charge >= 0.3 is 5.97 Å². The van der Waals surface area contributed by atoms with E-state index in [1.165, 1.54) is 25.1 Å². The van der Waals surface area contributed by atoms with Crippen LogP contribution in [-0.4, -0.2) is 37.7 Å². The number of carbonyl (C=O) groups is 2. The standard InChI is InChI=1S/C13H14N2O5S/c1-9-10(13(17)18)4-2-5-11(9)21(19,20)8-12(16)15-7-3-6-14/h2,4-5H,3,7-8H2,1H3,(H,15,16)(H,17,18). The Balaban J connectivity index is 2.99. The van der Waals surface area contributed by atoms with Crippen LogP contribution in [0.3, 0.4) is 0 Å². The molecule has 1 amide bonds. The average molecular weight is 310 g/mol. The summed E-state index contributed by atoms with van der Waals surface area (Å²) in [6, 6.07) is 5.69. The topological polar surface area (TPSA) is 124 Å². The lowest BCUT2D eigenvalue weighted by molar-refractivity contribution is -0.118. The predicted molar refractivity (Wildman–Crippen MR) is 73.4 cm³/mol. The van der Waals surface area contributed by atoms with Crippen LogP contribution in [0.5, 0.6) is 0 Å². The maximum atomic E-state index is 12.2. The Bertz CT molecular complexity index is 704. The molecule has 1 rings (SSSR count). The number of nitriles is 1. The van der Waals surface area contributed by atoms with Crippen LogP contribution in [0.4, 0.5) is 0 Å². The highest BCUT2D eigenvalue weighted by Crippen LogP contribution is 2.20. The number of sulfone groups is 1. The molecule has 0 aliphatic rings. The minimum Gasteiger partial charge on any atom is -0.478 e. The molecule has 0 aliphatic carbocycles. The molecule has 0 spiro atoms. The first kappa shape index (κ1) is 16.7. The number of nitrogens with one attached hydrogen (secondary N) is 1. The van der Waals surface area contributed by atoms with Gasteiger partial charge in [-0.15, -0.1) is 0 Å². The second-order valence-electron chi connectivity index (χ2n) is 4.25. The molecule has 21 heavy (non-hydrogen) atoms. The summed E-state index contributed by atoms with van der Waals surface area (Å²) in [4.78, 5) is 22.3. The molecule has 0 radical (unpaired) electrons. The van der Waals surface area contributed by atoms with Gasteiger partial charge in [-0.2, -0.15) is 5.26 Å². The molecule has 112 valence electrons. The number of amides is 1. The van der Waals surface area contributed by atoms with Crippen LogP contribution in [0, 0.1) is 18.3 Å². The number of carbonyl (C=O) groups excluding carboxylic acids is 1. The second-order valence-corrected chi connectivity index (χ2v) is 6.21. The molecule has 0 aliphatic heterocycles. The first-order valence-corrected chi connectivity index (χ1v) is 7.64. The van der Waals surface area contributed by atoms with E-state index in [9.17, 15) is 18.0 Å². The molecule has 0 aromatic heterocycles. The van der Waals surface area contributed by atoms with Crippen molar-refractivity contribution in [1.29, 1.82) is 5.26 Å². The van der Waals surface area contributed by atoms with Gasteiger partial charge in [-0.05, 0) is 24.6 Å². The molecular weight excluding hydrogens is 296 g/mol. The van der Waals surface area contributed by atoms with Crippen LogP contribution < -0.4 is 5.32 Å². The summed E-state index contributed by atoms with van der Waals surface area (Å²) in [6.45, 7) is 1.45. The molecule has 7 nitrogen and oxygen atoms in total. The fourth-order valence-electron chi connectivity index (χ4n) is 1.74. The van der Waals surface area contributed by atoms with Crippen LogP contribution in [0.1, 0.15) is 22.3 Å². The molecule has 2 N–H and O–H groups in total. The molecule has 0 fully saturated rings. The second kappa shape index (κ2) is 6.85. The van der Waals surface area contributed by atoms with Gasteiger partial charge in [-0.3, -0.25) is 4.79 Å². The van der Waals surface area contributed by atoms with Crippen molar-refractivity contribution in [1.82, 2.24) is 5.32 Å². The summed E-state index contributed by atoms with van der Waals surface area (Å²) < 4.78 is 24.3. The first-order chi connectivity index (χ1) is 9.79. The van der Waals surface area contributed by atoms with E-state index < -0.39 is 27.5 Å². The Hall–Kier alpha value is -2.40.